The van der Waals surface area contributed by atoms with Crippen LogP contribution in [0.1, 0.15) is 13.8 Å². The molecule has 1 heteroatoms. The van der Waals surface area contributed by atoms with Gasteiger partial charge in [0.15, 0.2) is 0 Å². The normalized spacial score (nSPS) is 10.6. The Morgan fingerprint density at radius 3 is 2.57 bits per heavy atom. The molecule has 0 aliphatic rings. The molecule has 0 aromatic rings. The van der Waals surface area contributed by atoms with Crippen molar-refractivity contribution in [3.05, 3.63) is 18.8 Å². The molecule has 0 aromatic heterocycles. The van der Waals surface area contributed by atoms with Gasteiger partial charge in [0.2, 0.25) is 0 Å². The van der Waals surface area contributed by atoms with E-state index < -0.39 is 0 Å². The SMILES string of the molecule is C[CH]OC/C=C/C. The zero-order chi connectivity index (χ0) is 5.54. The molecule has 0 aromatic carbocycles. The van der Waals surface area contributed by atoms with Gasteiger partial charge in [0.05, 0.1) is 13.2 Å². The fourth-order valence-corrected chi connectivity index (χ4v) is 0.248. The van der Waals surface area contributed by atoms with Gasteiger partial charge in [-0.05, 0) is 13.8 Å². The van der Waals surface area contributed by atoms with Crippen LogP contribution in [0.4, 0.5) is 0 Å². The van der Waals surface area contributed by atoms with Crippen LogP contribution < -0.4 is 0 Å². The molecule has 0 saturated carbocycles. The summed E-state index contributed by atoms with van der Waals surface area (Å²) < 4.78 is 4.86. The van der Waals surface area contributed by atoms with E-state index in [-0.39, 0.29) is 0 Å². The number of allylic oxidation sites excluding steroid dienone is 1. The van der Waals surface area contributed by atoms with Gasteiger partial charge in [-0.25, -0.2) is 0 Å². The lowest BCUT2D eigenvalue weighted by Gasteiger charge is -1.88. The monoisotopic (exact) mass is 99.1 g/mol. The zero-order valence-electron chi connectivity index (χ0n) is 4.85. The first-order valence-electron chi connectivity index (χ1n) is 2.42. The Kier molecular flexibility index (Phi) is 5.46. The summed E-state index contributed by atoms with van der Waals surface area (Å²) in [5, 5.41) is 0. The Morgan fingerprint density at radius 1 is 1.43 bits per heavy atom. The summed E-state index contributed by atoms with van der Waals surface area (Å²) in [6, 6.07) is 0. The molecule has 41 valence electrons. The highest BCUT2D eigenvalue weighted by molar-refractivity contribution is 4.76. The molecule has 0 saturated heterocycles. The summed E-state index contributed by atoms with van der Waals surface area (Å²) in [7, 11) is 0. The quantitative estimate of drug-likeness (QED) is 0.387. The Hall–Kier alpha value is -0.300. The topological polar surface area (TPSA) is 9.23 Å². The summed E-state index contributed by atoms with van der Waals surface area (Å²) in [4.78, 5) is 0. The van der Waals surface area contributed by atoms with Crippen molar-refractivity contribution in [2.45, 2.75) is 13.8 Å². The molecule has 0 heterocycles. The number of rotatable bonds is 3. The Labute approximate surface area is 45.0 Å². The third-order valence-corrected chi connectivity index (χ3v) is 0.595. The van der Waals surface area contributed by atoms with Crippen molar-refractivity contribution < 1.29 is 4.74 Å². The van der Waals surface area contributed by atoms with Gasteiger partial charge in [-0.1, -0.05) is 12.2 Å². The van der Waals surface area contributed by atoms with Crippen molar-refractivity contribution in [3.8, 4) is 0 Å². The van der Waals surface area contributed by atoms with E-state index in [0.717, 1.165) is 0 Å². The average molecular weight is 99.2 g/mol. The lowest BCUT2D eigenvalue weighted by Crippen LogP contribution is -1.81. The second-order valence-electron chi connectivity index (χ2n) is 1.14. The smallest absolute Gasteiger partial charge is 0.0810 e. The largest absolute Gasteiger partial charge is 0.372 e. The van der Waals surface area contributed by atoms with E-state index in [4.69, 9.17) is 4.74 Å². The van der Waals surface area contributed by atoms with Crippen molar-refractivity contribution in [2.75, 3.05) is 6.61 Å². The predicted molar refractivity (Wildman–Crippen MR) is 30.7 cm³/mol. The second kappa shape index (κ2) is 5.70. The molecule has 1 nitrogen and oxygen atoms in total. The van der Waals surface area contributed by atoms with E-state index >= 15 is 0 Å². The summed E-state index contributed by atoms with van der Waals surface area (Å²) in [5.41, 5.74) is 0. The van der Waals surface area contributed by atoms with Gasteiger partial charge in [-0.15, -0.1) is 0 Å². The van der Waals surface area contributed by atoms with E-state index in [9.17, 15) is 0 Å². The standard InChI is InChI=1S/C6H11O/c1-3-5-6-7-4-2/h3-5H,6H2,1-2H3/b5-3+. The van der Waals surface area contributed by atoms with Gasteiger partial charge >= 0.3 is 0 Å². The molecule has 7 heavy (non-hydrogen) atoms. The lowest BCUT2D eigenvalue weighted by atomic mass is 10.5. The molecule has 0 rings (SSSR count). The third-order valence-electron chi connectivity index (χ3n) is 0.595. The van der Waals surface area contributed by atoms with Crippen LogP contribution in [0.15, 0.2) is 12.2 Å². The van der Waals surface area contributed by atoms with Crippen LogP contribution in [0.3, 0.4) is 0 Å². The fraction of sp³-hybridized carbons (Fsp3) is 0.500. The van der Waals surface area contributed by atoms with E-state index in [1.165, 1.54) is 0 Å². The Balaban J connectivity index is 2.69. The molecule has 0 unspecified atom stereocenters. The van der Waals surface area contributed by atoms with Crippen LogP contribution in [-0.2, 0) is 4.74 Å². The Morgan fingerprint density at radius 2 is 2.14 bits per heavy atom. The molecular weight excluding hydrogens is 88.1 g/mol. The molecule has 0 aliphatic heterocycles. The van der Waals surface area contributed by atoms with E-state index in [2.05, 4.69) is 0 Å². The molecule has 0 N–H and O–H groups in total. The number of hydrogen-bond acceptors (Lipinski definition) is 1. The van der Waals surface area contributed by atoms with Gasteiger partial charge in [-0.2, -0.15) is 0 Å². The first kappa shape index (κ1) is 6.70. The highest BCUT2D eigenvalue weighted by Crippen LogP contribution is 1.78. The van der Waals surface area contributed by atoms with Crippen LogP contribution in [0.2, 0.25) is 0 Å². The zero-order valence-corrected chi connectivity index (χ0v) is 4.85. The maximum absolute atomic E-state index is 4.86. The van der Waals surface area contributed by atoms with E-state index in [1.54, 1.807) is 6.61 Å². The van der Waals surface area contributed by atoms with Crippen LogP contribution in [-0.4, -0.2) is 6.61 Å². The summed E-state index contributed by atoms with van der Waals surface area (Å²) in [5.74, 6) is 0. The highest BCUT2D eigenvalue weighted by atomic mass is 16.5. The third kappa shape index (κ3) is 5.70. The average Bonchev–Trinajstić information content (AvgIpc) is 1.69. The molecule has 1 radical (unpaired) electrons. The molecule has 0 amide bonds. The van der Waals surface area contributed by atoms with Gasteiger partial charge < -0.3 is 4.74 Å². The van der Waals surface area contributed by atoms with Crippen molar-refractivity contribution in [2.24, 2.45) is 0 Å². The summed E-state index contributed by atoms with van der Waals surface area (Å²) >= 11 is 0. The lowest BCUT2D eigenvalue weighted by molar-refractivity contribution is 0.239. The molecule has 0 atom stereocenters. The fourth-order valence-electron chi connectivity index (χ4n) is 0.248. The van der Waals surface area contributed by atoms with Crippen LogP contribution >= 0.6 is 0 Å². The molecule has 0 fully saturated rings. The number of hydrogen-bond donors (Lipinski definition) is 0. The van der Waals surface area contributed by atoms with E-state index in [0.29, 0.717) is 6.61 Å². The van der Waals surface area contributed by atoms with Crippen molar-refractivity contribution >= 4 is 0 Å². The van der Waals surface area contributed by atoms with Gasteiger partial charge in [0, 0.05) is 0 Å². The van der Waals surface area contributed by atoms with Crippen molar-refractivity contribution in [3.63, 3.8) is 0 Å². The molecule has 0 aliphatic carbocycles. The van der Waals surface area contributed by atoms with Gasteiger partial charge in [0.1, 0.15) is 0 Å². The first-order valence-corrected chi connectivity index (χ1v) is 2.42. The Bertz CT molecular complexity index is 48.1. The second-order valence-corrected chi connectivity index (χ2v) is 1.14. The van der Waals surface area contributed by atoms with Gasteiger partial charge in [0.25, 0.3) is 0 Å². The van der Waals surface area contributed by atoms with Crippen LogP contribution in [0, 0.1) is 6.61 Å². The van der Waals surface area contributed by atoms with Crippen LogP contribution in [0.25, 0.3) is 0 Å². The minimum absolute atomic E-state index is 0.701. The molecule has 0 bridgehead atoms. The van der Waals surface area contributed by atoms with E-state index in [1.807, 2.05) is 26.0 Å². The highest BCUT2D eigenvalue weighted by Gasteiger charge is 1.70. The minimum atomic E-state index is 0.701. The maximum Gasteiger partial charge on any atom is 0.0810 e. The number of ether oxygens (including phenoxy) is 1. The summed E-state index contributed by atoms with van der Waals surface area (Å²) in [6.07, 6.45) is 3.92. The predicted octanol–water partition coefficient (Wildman–Crippen LogP) is 1.76. The molecule has 0 spiro atoms. The minimum Gasteiger partial charge on any atom is -0.372 e. The van der Waals surface area contributed by atoms with Crippen molar-refractivity contribution in [1.29, 1.82) is 0 Å². The maximum atomic E-state index is 4.86. The first-order chi connectivity index (χ1) is 3.41. The van der Waals surface area contributed by atoms with Crippen molar-refractivity contribution in [1.82, 2.24) is 0 Å². The summed E-state index contributed by atoms with van der Waals surface area (Å²) in [6.45, 7) is 6.22. The molecular formula is C6H11O. The van der Waals surface area contributed by atoms with Gasteiger partial charge in [-0.3, -0.25) is 0 Å². The van der Waals surface area contributed by atoms with Crippen LogP contribution in [0.5, 0.6) is 0 Å².